The lowest BCUT2D eigenvalue weighted by Crippen LogP contribution is -2.34. The molecule has 0 saturated heterocycles. The summed E-state index contributed by atoms with van der Waals surface area (Å²) in [4.78, 5) is 38.7. The Morgan fingerprint density at radius 3 is 2.80 bits per heavy atom. The molecule has 0 fully saturated rings. The van der Waals surface area contributed by atoms with Crippen LogP contribution in [0.2, 0.25) is 4.34 Å². The normalized spacial score (nSPS) is 12.3. The predicted molar refractivity (Wildman–Crippen MR) is 79.1 cm³/mol. The summed E-state index contributed by atoms with van der Waals surface area (Å²) in [6, 6.07) is 3.32. The first-order chi connectivity index (χ1) is 9.38. The van der Waals surface area contributed by atoms with Crippen molar-refractivity contribution in [2.24, 2.45) is 7.05 Å². The molecule has 0 aromatic carbocycles. The van der Waals surface area contributed by atoms with E-state index in [-0.39, 0.29) is 10.9 Å². The summed E-state index contributed by atoms with van der Waals surface area (Å²) in [7, 11) is 1.55. The highest BCUT2D eigenvalue weighted by atomic mass is 35.5. The Balaban J connectivity index is 2.22. The van der Waals surface area contributed by atoms with Crippen LogP contribution in [0.15, 0.2) is 26.9 Å². The van der Waals surface area contributed by atoms with Gasteiger partial charge in [-0.1, -0.05) is 23.4 Å². The smallest absolute Gasteiger partial charge is 0.292 e. The van der Waals surface area contributed by atoms with Crippen LogP contribution in [0.3, 0.4) is 0 Å². The van der Waals surface area contributed by atoms with Crippen LogP contribution in [0.1, 0.15) is 16.6 Å². The summed E-state index contributed by atoms with van der Waals surface area (Å²) in [5.74, 6) is -0.104. The molecule has 106 valence electrons. The van der Waals surface area contributed by atoms with E-state index in [4.69, 9.17) is 11.6 Å². The fraction of sp³-hybridized carbons (Fsp3) is 0.273. The summed E-state index contributed by atoms with van der Waals surface area (Å²) < 4.78 is 1.86. The van der Waals surface area contributed by atoms with Crippen LogP contribution in [-0.4, -0.2) is 25.8 Å². The third-order valence-electron chi connectivity index (χ3n) is 2.42. The van der Waals surface area contributed by atoms with Gasteiger partial charge in [0.05, 0.1) is 14.5 Å². The van der Waals surface area contributed by atoms with Crippen LogP contribution >= 0.6 is 34.7 Å². The molecule has 0 aliphatic rings. The number of nitrogens with one attached hydrogen (secondary N) is 1. The number of carbonyl (C=O) groups is 1. The molecule has 0 radical (unpaired) electrons. The Labute approximate surface area is 126 Å². The van der Waals surface area contributed by atoms with Gasteiger partial charge in [0.15, 0.2) is 10.9 Å². The minimum Gasteiger partial charge on any atom is -0.292 e. The summed E-state index contributed by atoms with van der Waals surface area (Å²) >= 11 is 8.10. The first kappa shape index (κ1) is 15.0. The van der Waals surface area contributed by atoms with Gasteiger partial charge in [-0.25, -0.2) is 0 Å². The fourth-order valence-electron chi connectivity index (χ4n) is 1.42. The standard InChI is InChI=1S/C11H10ClN3O3S2/c1-5(8(16)6-3-4-7(12)20-6)19-11-13-9(17)10(18)14-15(11)2/h3-5H,1-2H3,(H,14,18). The molecule has 2 rings (SSSR count). The van der Waals surface area contributed by atoms with Crippen molar-refractivity contribution in [1.29, 1.82) is 0 Å². The molecule has 2 aromatic rings. The number of nitrogens with zero attached hydrogens (tertiary/aromatic N) is 2. The lowest BCUT2D eigenvalue weighted by molar-refractivity contribution is 0.0997. The quantitative estimate of drug-likeness (QED) is 0.522. The Hall–Kier alpha value is -1.38. The van der Waals surface area contributed by atoms with Crippen molar-refractivity contribution in [3.63, 3.8) is 0 Å². The molecule has 1 unspecified atom stereocenters. The molecule has 0 saturated carbocycles. The molecular weight excluding hydrogens is 322 g/mol. The van der Waals surface area contributed by atoms with Gasteiger partial charge in [-0.05, 0) is 19.1 Å². The number of carbonyl (C=O) groups excluding carboxylic acids is 1. The highest BCUT2D eigenvalue weighted by molar-refractivity contribution is 8.00. The molecule has 2 aromatic heterocycles. The van der Waals surface area contributed by atoms with E-state index in [1.807, 2.05) is 0 Å². The van der Waals surface area contributed by atoms with Gasteiger partial charge in [-0.3, -0.25) is 24.2 Å². The Bertz CT molecular complexity index is 765. The van der Waals surface area contributed by atoms with Crippen LogP contribution in [0.5, 0.6) is 0 Å². The summed E-state index contributed by atoms with van der Waals surface area (Å²) in [5.41, 5.74) is -1.66. The third kappa shape index (κ3) is 3.20. The number of thiophene rings is 1. The molecular formula is C11H10ClN3O3S2. The molecule has 0 aliphatic carbocycles. The van der Waals surface area contributed by atoms with Gasteiger partial charge in [0, 0.05) is 7.05 Å². The van der Waals surface area contributed by atoms with Crippen molar-refractivity contribution >= 4 is 40.5 Å². The van der Waals surface area contributed by atoms with Gasteiger partial charge >= 0.3 is 11.1 Å². The molecule has 6 nitrogen and oxygen atoms in total. The van der Waals surface area contributed by atoms with Crippen LogP contribution in [0, 0.1) is 0 Å². The number of aromatic amines is 1. The number of Topliss-reactive ketones (excluding diaryl/α,β-unsaturated/α-hetero) is 1. The first-order valence-corrected chi connectivity index (χ1v) is 7.59. The van der Waals surface area contributed by atoms with Crippen molar-refractivity contribution in [1.82, 2.24) is 14.8 Å². The van der Waals surface area contributed by atoms with Crippen LogP contribution in [0.25, 0.3) is 0 Å². The molecule has 20 heavy (non-hydrogen) atoms. The number of ketones is 1. The van der Waals surface area contributed by atoms with Gasteiger partial charge in [0.1, 0.15) is 0 Å². The Kier molecular flexibility index (Phi) is 4.46. The second kappa shape index (κ2) is 5.94. The van der Waals surface area contributed by atoms with Crippen molar-refractivity contribution in [2.75, 3.05) is 0 Å². The number of aromatic nitrogens is 3. The number of hydrogen-bond donors (Lipinski definition) is 1. The topological polar surface area (TPSA) is 84.8 Å². The first-order valence-electron chi connectivity index (χ1n) is 5.52. The molecule has 0 amide bonds. The molecule has 0 bridgehead atoms. The van der Waals surface area contributed by atoms with E-state index in [9.17, 15) is 14.4 Å². The molecule has 1 N–H and O–H groups in total. The van der Waals surface area contributed by atoms with E-state index in [2.05, 4.69) is 10.1 Å². The Morgan fingerprint density at radius 1 is 1.50 bits per heavy atom. The molecule has 2 heterocycles. The van der Waals surface area contributed by atoms with Crippen molar-refractivity contribution in [2.45, 2.75) is 17.3 Å². The monoisotopic (exact) mass is 331 g/mol. The summed E-state index contributed by atoms with van der Waals surface area (Å²) in [6.07, 6.45) is 0. The predicted octanol–water partition coefficient (Wildman–Crippen LogP) is 1.55. The van der Waals surface area contributed by atoms with Gasteiger partial charge in [0.25, 0.3) is 0 Å². The second-order valence-corrected chi connectivity index (χ2v) is 6.95. The van der Waals surface area contributed by atoms with E-state index in [1.165, 1.54) is 16.0 Å². The molecule has 0 aliphatic heterocycles. The number of thioether (sulfide) groups is 1. The van der Waals surface area contributed by atoms with E-state index >= 15 is 0 Å². The molecule has 9 heteroatoms. The van der Waals surface area contributed by atoms with Crippen molar-refractivity contribution < 1.29 is 4.79 Å². The van der Waals surface area contributed by atoms with Crippen LogP contribution < -0.4 is 11.1 Å². The van der Waals surface area contributed by atoms with Crippen LogP contribution in [-0.2, 0) is 7.05 Å². The fourth-order valence-corrected chi connectivity index (χ4v) is 3.46. The second-order valence-electron chi connectivity index (χ2n) is 3.93. The SMILES string of the molecule is CC(Sc1nc(=O)c(=O)[nH]n1C)C(=O)c1ccc(Cl)s1. The molecule has 1 atom stereocenters. The number of aryl methyl sites for hydroxylation is 1. The van der Waals surface area contributed by atoms with E-state index in [0.717, 1.165) is 11.8 Å². The van der Waals surface area contributed by atoms with E-state index < -0.39 is 16.4 Å². The summed E-state index contributed by atoms with van der Waals surface area (Å²) in [6.45, 7) is 1.71. The zero-order chi connectivity index (χ0) is 14.9. The highest BCUT2D eigenvalue weighted by Crippen LogP contribution is 2.27. The largest absolute Gasteiger partial charge is 0.339 e. The summed E-state index contributed by atoms with van der Waals surface area (Å²) in [5, 5.41) is 2.16. The minimum atomic E-state index is -0.871. The zero-order valence-corrected chi connectivity index (χ0v) is 12.9. The van der Waals surface area contributed by atoms with Crippen LogP contribution in [0.4, 0.5) is 0 Å². The third-order valence-corrected chi connectivity index (χ3v) is 4.80. The maximum atomic E-state index is 12.2. The maximum absolute atomic E-state index is 12.2. The lowest BCUT2D eigenvalue weighted by atomic mass is 10.2. The number of halogens is 1. The minimum absolute atomic E-state index is 0.104. The van der Waals surface area contributed by atoms with Crippen molar-refractivity contribution in [3.8, 4) is 0 Å². The number of rotatable bonds is 4. The van der Waals surface area contributed by atoms with Gasteiger partial charge in [0.2, 0.25) is 0 Å². The Morgan fingerprint density at radius 2 is 2.20 bits per heavy atom. The van der Waals surface area contributed by atoms with Gasteiger partial charge in [-0.2, -0.15) is 4.98 Å². The van der Waals surface area contributed by atoms with Crippen molar-refractivity contribution in [3.05, 3.63) is 42.1 Å². The number of hydrogen-bond acceptors (Lipinski definition) is 6. The average molecular weight is 332 g/mol. The molecule has 0 spiro atoms. The highest BCUT2D eigenvalue weighted by Gasteiger charge is 2.20. The lowest BCUT2D eigenvalue weighted by Gasteiger charge is -2.10. The van der Waals surface area contributed by atoms with Gasteiger partial charge in [-0.15, -0.1) is 11.3 Å². The van der Waals surface area contributed by atoms with Gasteiger partial charge < -0.3 is 0 Å². The zero-order valence-electron chi connectivity index (χ0n) is 10.5. The maximum Gasteiger partial charge on any atom is 0.339 e. The average Bonchev–Trinajstić information content (AvgIpc) is 2.81. The number of H-pyrrole nitrogens is 1. The van der Waals surface area contributed by atoms with E-state index in [1.54, 1.807) is 26.1 Å². The van der Waals surface area contributed by atoms with E-state index in [0.29, 0.717) is 9.21 Å².